The van der Waals surface area contributed by atoms with Gasteiger partial charge < -0.3 is 5.73 Å². The molecule has 18 heavy (non-hydrogen) atoms. The number of halogens is 2. The first-order chi connectivity index (χ1) is 8.61. The highest BCUT2D eigenvalue weighted by molar-refractivity contribution is 7.15. The first kappa shape index (κ1) is 13.5. The van der Waals surface area contributed by atoms with Gasteiger partial charge >= 0.3 is 0 Å². The Balaban J connectivity index is 2.26. The maximum atomic E-state index is 13.4. The lowest BCUT2D eigenvalue weighted by molar-refractivity contribution is 0.629. The third-order valence-corrected chi connectivity index (χ3v) is 4.37. The lowest BCUT2D eigenvalue weighted by Crippen LogP contribution is -2.07. The van der Waals surface area contributed by atoms with Crippen LogP contribution in [0, 0.1) is 5.82 Å². The normalized spacial score (nSPS) is 12.7. The van der Waals surface area contributed by atoms with E-state index in [4.69, 9.17) is 17.3 Å². The van der Waals surface area contributed by atoms with Gasteiger partial charge in [-0.3, -0.25) is 0 Å². The zero-order valence-corrected chi connectivity index (χ0v) is 11.7. The predicted molar refractivity (Wildman–Crippen MR) is 76.6 cm³/mol. The second-order valence-corrected chi connectivity index (χ2v) is 5.75. The molecule has 0 aliphatic carbocycles. The van der Waals surface area contributed by atoms with Gasteiger partial charge in [-0.15, -0.1) is 11.3 Å². The number of hydrogen-bond acceptors (Lipinski definition) is 2. The smallest absolute Gasteiger partial charge is 0.142 e. The second kappa shape index (κ2) is 5.83. The molecule has 1 atom stereocenters. The summed E-state index contributed by atoms with van der Waals surface area (Å²) < 4.78 is 13.4. The van der Waals surface area contributed by atoms with Gasteiger partial charge in [0.2, 0.25) is 0 Å². The van der Waals surface area contributed by atoms with Crippen molar-refractivity contribution in [3.63, 3.8) is 0 Å². The van der Waals surface area contributed by atoms with Crippen LogP contribution in [0.15, 0.2) is 30.3 Å². The molecule has 1 nitrogen and oxygen atoms in total. The lowest BCUT2D eigenvalue weighted by atomic mass is 10.1. The molecule has 1 unspecified atom stereocenters. The Morgan fingerprint density at radius 1 is 1.33 bits per heavy atom. The summed E-state index contributed by atoms with van der Waals surface area (Å²) in [4.78, 5) is 2.16. The fraction of sp³-hybridized carbons (Fsp3) is 0.286. The Bertz CT molecular complexity index is 538. The molecule has 0 aliphatic rings. The van der Waals surface area contributed by atoms with Gasteiger partial charge in [0.05, 0.1) is 5.02 Å². The van der Waals surface area contributed by atoms with Gasteiger partial charge in [0.15, 0.2) is 0 Å². The quantitative estimate of drug-likeness (QED) is 0.839. The van der Waals surface area contributed by atoms with Crippen molar-refractivity contribution in [1.29, 1.82) is 0 Å². The third kappa shape index (κ3) is 2.91. The van der Waals surface area contributed by atoms with Gasteiger partial charge in [0.25, 0.3) is 0 Å². The largest absolute Gasteiger partial charge is 0.323 e. The van der Waals surface area contributed by atoms with Crippen LogP contribution in [0.25, 0.3) is 10.4 Å². The van der Waals surface area contributed by atoms with Crippen LogP contribution in [0.3, 0.4) is 0 Å². The van der Waals surface area contributed by atoms with Gasteiger partial charge in [-0.25, -0.2) is 4.39 Å². The van der Waals surface area contributed by atoms with Gasteiger partial charge in [-0.1, -0.05) is 31.0 Å². The van der Waals surface area contributed by atoms with E-state index in [1.54, 1.807) is 17.4 Å². The van der Waals surface area contributed by atoms with E-state index in [0.717, 1.165) is 28.2 Å². The van der Waals surface area contributed by atoms with Crippen LogP contribution < -0.4 is 5.73 Å². The molecule has 0 radical (unpaired) electrons. The fourth-order valence-corrected chi connectivity index (χ4v) is 2.97. The summed E-state index contributed by atoms with van der Waals surface area (Å²) in [6.45, 7) is 2.11. The Kier molecular flexibility index (Phi) is 4.38. The molecule has 0 fully saturated rings. The molecule has 96 valence electrons. The molecule has 0 spiro atoms. The van der Waals surface area contributed by atoms with Gasteiger partial charge in [0.1, 0.15) is 5.82 Å². The number of hydrogen-bond donors (Lipinski definition) is 1. The molecule has 1 aromatic heterocycles. The van der Waals surface area contributed by atoms with E-state index in [2.05, 4.69) is 6.92 Å². The van der Waals surface area contributed by atoms with Crippen molar-refractivity contribution in [3.05, 3.63) is 46.0 Å². The number of thiophene rings is 1. The molecule has 0 amide bonds. The SMILES string of the molecule is CCCC(N)c1ccc(-c2ccc(Cl)c(F)c2)s1. The van der Waals surface area contributed by atoms with Crippen LogP contribution in [-0.4, -0.2) is 0 Å². The molecule has 0 saturated heterocycles. The molecule has 2 rings (SSSR count). The molecule has 0 aliphatic heterocycles. The van der Waals surface area contributed by atoms with Crippen LogP contribution in [0.1, 0.15) is 30.7 Å². The van der Waals surface area contributed by atoms with Crippen molar-refractivity contribution >= 4 is 22.9 Å². The van der Waals surface area contributed by atoms with E-state index in [1.165, 1.54) is 6.07 Å². The summed E-state index contributed by atoms with van der Waals surface area (Å²) in [5, 5.41) is 0.151. The maximum absolute atomic E-state index is 13.4. The van der Waals surface area contributed by atoms with Crippen LogP contribution in [0.2, 0.25) is 5.02 Å². The predicted octanol–water partition coefficient (Wildman–Crippen LogP) is 5.01. The van der Waals surface area contributed by atoms with Gasteiger partial charge in [-0.2, -0.15) is 0 Å². The molecule has 4 heteroatoms. The van der Waals surface area contributed by atoms with Crippen LogP contribution in [-0.2, 0) is 0 Å². The minimum absolute atomic E-state index is 0.0749. The molecule has 2 aromatic rings. The molecule has 0 saturated carbocycles. The average molecular weight is 284 g/mol. The van der Waals surface area contributed by atoms with Crippen LogP contribution in [0.5, 0.6) is 0 Å². The van der Waals surface area contributed by atoms with E-state index in [1.807, 2.05) is 18.2 Å². The van der Waals surface area contributed by atoms with Crippen molar-refractivity contribution in [2.24, 2.45) is 5.73 Å². The highest BCUT2D eigenvalue weighted by Gasteiger charge is 2.10. The average Bonchev–Trinajstić information content (AvgIpc) is 2.82. The van der Waals surface area contributed by atoms with Crippen molar-refractivity contribution in [2.75, 3.05) is 0 Å². The highest BCUT2D eigenvalue weighted by atomic mass is 35.5. The highest BCUT2D eigenvalue weighted by Crippen LogP contribution is 2.33. The number of nitrogens with two attached hydrogens (primary N) is 1. The van der Waals surface area contributed by atoms with E-state index in [-0.39, 0.29) is 16.9 Å². The molecule has 1 heterocycles. The Labute approximate surface area is 115 Å². The molecule has 2 N–H and O–H groups in total. The van der Waals surface area contributed by atoms with Crippen molar-refractivity contribution in [1.82, 2.24) is 0 Å². The Hall–Kier alpha value is -0.900. The van der Waals surface area contributed by atoms with Gasteiger partial charge in [-0.05, 0) is 36.2 Å². The molecular formula is C14H15ClFNS. The maximum Gasteiger partial charge on any atom is 0.142 e. The Morgan fingerprint density at radius 3 is 2.78 bits per heavy atom. The monoisotopic (exact) mass is 283 g/mol. The topological polar surface area (TPSA) is 26.0 Å². The molecule has 0 bridgehead atoms. The zero-order chi connectivity index (χ0) is 13.1. The Morgan fingerprint density at radius 2 is 2.11 bits per heavy atom. The standard InChI is InChI=1S/C14H15ClFNS/c1-2-3-12(17)14-7-6-13(18-14)9-4-5-10(15)11(16)8-9/h4-8,12H,2-3,17H2,1H3. The first-order valence-electron chi connectivity index (χ1n) is 5.92. The molecule has 1 aromatic carbocycles. The minimum atomic E-state index is -0.387. The van der Waals surface area contributed by atoms with Crippen molar-refractivity contribution < 1.29 is 4.39 Å². The summed E-state index contributed by atoms with van der Waals surface area (Å²) >= 11 is 7.29. The summed E-state index contributed by atoms with van der Waals surface area (Å²) in [6, 6.07) is 8.95. The van der Waals surface area contributed by atoms with Crippen LogP contribution >= 0.6 is 22.9 Å². The van der Waals surface area contributed by atoms with E-state index >= 15 is 0 Å². The van der Waals surface area contributed by atoms with E-state index in [0.29, 0.717) is 0 Å². The lowest BCUT2D eigenvalue weighted by Gasteiger charge is -2.06. The van der Waals surface area contributed by atoms with Crippen molar-refractivity contribution in [2.45, 2.75) is 25.8 Å². The van der Waals surface area contributed by atoms with Crippen LogP contribution in [0.4, 0.5) is 4.39 Å². The fourth-order valence-electron chi connectivity index (χ4n) is 1.81. The molecular weight excluding hydrogens is 269 g/mol. The minimum Gasteiger partial charge on any atom is -0.323 e. The van der Waals surface area contributed by atoms with Crippen molar-refractivity contribution in [3.8, 4) is 10.4 Å². The van der Waals surface area contributed by atoms with Gasteiger partial charge in [0, 0.05) is 15.8 Å². The summed E-state index contributed by atoms with van der Waals surface area (Å²) in [7, 11) is 0. The zero-order valence-electron chi connectivity index (χ0n) is 10.1. The van der Waals surface area contributed by atoms with E-state index < -0.39 is 0 Å². The van der Waals surface area contributed by atoms with E-state index in [9.17, 15) is 4.39 Å². The summed E-state index contributed by atoms with van der Waals surface area (Å²) in [5.74, 6) is -0.387. The third-order valence-electron chi connectivity index (χ3n) is 2.80. The number of rotatable bonds is 4. The first-order valence-corrected chi connectivity index (χ1v) is 7.12. The summed E-state index contributed by atoms with van der Waals surface area (Å²) in [6.07, 6.45) is 2.03. The number of benzene rings is 1. The summed E-state index contributed by atoms with van der Waals surface area (Å²) in [5.41, 5.74) is 6.91. The second-order valence-electron chi connectivity index (χ2n) is 4.23.